The number of nitrogens with zero attached hydrogens (tertiary/aromatic N) is 1. The van der Waals surface area contributed by atoms with Gasteiger partial charge in [0.2, 0.25) is 0 Å². The number of nitrogens with one attached hydrogen (secondary N) is 1. The molecule has 0 aromatic heterocycles. The average Bonchev–Trinajstić information content (AvgIpc) is 2.23. The Hall–Kier alpha value is -1.13. The van der Waals surface area contributed by atoms with Gasteiger partial charge in [0, 0.05) is 24.0 Å². The lowest BCUT2D eigenvalue weighted by Gasteiger charge is -2.21. The Balaban J connectivity index is 2.64. The van der Waals surface area contributed by atoms with Crippen molar-refractivity contribution in [1.29, 1.82) is 5.41 Å². The summed E-state index contributed by atoms with van der Waals surface area (Å²) in [7, 11) is 1.89. The number of benzene rings is 1. The van der Waals surface area contributed by atoms with E-state index in [0.29, 0.717) is 18.1 Å². The zero-order valence-electron chi connectivity index (χ0n) is 10.0. The van der Waals surface area contributed by atoms with Crippen molar-refractivity contribution in [1.82, 2.24) is 4.90 Å². The van der Waals surface area contributed by atoms with Crippen LogP contribution in [0.5, 0.6) is 0 Å². The Morgan fingerprint density at radius 2 is 2.24 bits per heavy atom. The molecule has 1 unspecified atom stereocenters. The van der Waals surface area contributed by atoms with E-state index < -0.39 is 0 Å². The molecule has 5 heteroatoms. The fraction of sp³-hybridized carbons (Fsp3) is 0.417. The predicted molar refractivity (Wildman–Crippen MR) is 68.8 cm³/mol. The van der Waals surface area contributed by atoms with Gasteiger partial charge in [-0.25, -0.2) is 4.39 Å². The molecule has 0 amide bonds. The van der Waals surface area contributed by atoms with Gasteiger partial charge in [0.05, 0.1) is 5.84 Å². The number of amidine groups is 1. The third kappa shape index (κ3) is 4.32. The first-order valence-corrected chi connectivity index (χ1v) is 5.74. The van der Waals surface area contributed by atoms with Crippen LogP contribution in [0, 0.1) is 17.1 Å². The van der Waals surface area contributed by atoms with Crippen LogP contribution < -0.4 is 5.73 Å². The number of rotatable bonds is 5. The van der Waals surface area contributed by atoms with Crippen molar-refractivity contribution in [3.63, 3.8) is 0 Å². The summed E-state index contributed by atoms with van der Waals surface area (Å²) in [6.07, 6.45) is 0. The van der Waals surface area contributed by atoms with Gasteiger partial charge in [-0.1, -0.05) is 18.5 Å². The van der Waals surface area contributed by atoms with Crippen LogP contribution in [0.15, 0.2) is 18.2 Å². The van der Waals surface area contributed by atoms with E-state index in [1.807, 2.05) is 18.9 Å². The van der Waals surface area contributed by atoms with E-state index in [4.69, 9.17) is 22.7 Å². The highest BCUT2D eigenvalue weighted by Gasteiger charge is 2.11. The minimum absolute atomic E-state index is 0.0210. The first-order chi connectivity index (χ1) is 7.90. The van der Waals surface area contributed by atoms with Crippen LogP contribution in [-0.4, -0.2) is 24.3 Å². The second-order valence-electron chi connectivity index (χ2n) is 4.29. The van der Waals surface area contributed by atoms with Crippen molar-refractivity contribution >= 4 is 17.4 Å². The quantitative estimate of drug-likeness (QED) is 0.629. The summed E-state index contributed by atoms with van der Waals surface area (Å²) in [6.45, 7) is 3.06. The maximum Gasteiger partial charge on any atom is 0.123 e. The van der Waals surface area contributed by atoms with Gasteiger partial charge >= 0.3 is 0 Å². The Morgan fingerprint density at radius 1 is 1.59 bits per heavy atom. The standard InChI is InChI=1S/C12H17ClFN3/c1-8(12(15)16)6-17(2)7-9-5-10(14)3-4-11(9)13/h3-5,8H,6-7H2,1-2H3,(H3,15,16). The molecule has 0 aliphatic carbocycles. The van der Waals surface area contributed by atoms with Crippen LogP contribution in [0.2, 0.25) is 5.02 Å². The van der Waals surface area contributed by atoms with Crippen LogP contribution >= 0.6 is 11.6 Å². The maximum absolute atomic E-state index is 13.1. The first-order valence-electron chi connectivity index (χ1n) is 5.36. The summed E-state index contributed by atoms with van der Waals surface area (Å²) in [5.74, 6) is -0.160. The van der Waals surface area contributed by atoms with Gasteiger partial charge in [0.1, 0.15) is 5.82 Å². The van der Waals surface area contributed by atoms with Gasteiger partial charge in [-0.3, -0.25) is 5.41 Å². The molecule has 94 valence electrons. The highest BCUT2D eigenvalue weighted by Crippen LogP contribution is 2.18. The molecule has 0 fully saturated rings. The van der Waals surface area contributed by atoms with E-state index in [-0.39, 0.29) is 17.6 Å². The van der Waals surface area contributed by atoms with Crippen LogP contribution in [0.3, 0.4) is 0 Å². The lowest BCUT2D eigenvalue weighted by Crippen LogP contribution is -2.31. The second kappa shape index (κ2) is 5.98. The molecule has 0 spiro atoms. The number of hydrogen-bond donors (Lipinski definition) is 2. The van der Waals surface area contributed by atoms with Gasteiger partial charge < -0.3 is 10.6 Å². The topological polar surface area (TPSA) is 53.1 Å². The lowest BCUT2D eigenvalue weighted by molar-refractivity contribution is 0.306. The van der Waals surface area contributed by atoms with Gasteiger partial charge in [0.25, 0.3) is 0 Å². The van der Waals surface area contributed by atoms with Gasteiger partial charge in [0.15, 0.2) is 0 Å². The van der Waals surface area contributed by atoms with Crippen molar-refractivity contribution in [2.75, 3.05) is 13.6 Å². The molecule has 0 heterocycles. The van der Waals surface area contributed by atoms with Crippen molar-refractivity contribution in [2.45, 2.75) is 13.5 Å². The van der Waals surface area contributed by atoms with Crippen LogP contribution in [-0.2, 0) is 6.54 Å². The molecule has 3 N–H and O–H groups in total. The number of hydrogen-bond acceptors (Lipinski definition) is 2. The third-order valence-corrected chi connectivity index (χ3v) is 2.93. The van der Waals surface area contributed by atoms with E-state index in [1.54, 1.807) is 6.07 Å². The molecule has 0 aliphatic rings. The van der Waals surface area contributed by atoms with Crippen LogP contribution in [0.25, 0.3) is 0 Å². The largest absolute Gasteiger partial charge is 0.387 e. The molecule has 0 radical (unpaired) electrons. The average molecular weight is 258 g/mol. The highest BCUT2D eigenvalue weighted by atomic mass is 35.5. The number of nitrogens with two attached hydrogens (primary N) is 1. The minimum atomic E-state index is -0.294. The Bertz CT molecular complexity index is 409. The van der Waals surface area contributed by atoms with Crippen LogP contribution in [0.4, 0.5) is 4.39 Å². The Kier molecular flexibility index (Phi) is 4.90. The van der Waals surface area contributed by atoms with E-state index in [0.717, 1.165) is 5.56 Å². The molecule has 0 bridgehead atoms. The maximum atomic E-state index is 13.1. The van der Waals surface area contributed by atoms with E-state index in [1.165, 1.54) is 12.1 Å². The second-order valence-corrected chi connectivity index (χ2v) is 4.70. The molecule has 0 saturated carbocycles. The lowest BCUT2D eigenvalue weighted by atomic mass is 10.1. The Labute approximate surface area is 106 Å². The molecule has 1 aromatic carbocycles. The van der Waals surface area contributed by atoms with Gasteiger partial charge in [-0.2, -0.15) is 0 Å². The van der Waals surface area contributed by atoms with Gasteiger partial charge in [-0.05, 0) is 30.8 Å². The molecule has 3 nitrogen and oxygen atoms in total. The molecule has 1 atom stereocenters. The van der Waals surface area contributed by atoms with Crippen molar-refractivity contribution in [2.24, 2.45) is 11.7 Å². The first kappa shape index (κ1) is 13.9. The molecule has 0 aliphatic heterocycles. The third-order valence-electron chi connectivity index (χ3n) is 2.56. The predicted octanol–water partition coefficient (Wildman–Crippen LogP) is 2.48. The molecular formula is C12H17ClFN3. The summed E-state index contributed by atoms with van der Waals surface area (Å²) in [5, 5.41) is 7.86. The zero-order chi connectivity index (χ0) is 13.0. The minimum Gasteiger partial charge on any atom is -0.387 e. The SMILES string of the molecule is CC(CN(C)Cc1cc(F)ccc1Cl)C(=N)N. The Morgan fingerprint density at radius 3 is 2.82 bits per heavy atom. The molecule has 1 aromatic rings. The highest BCUT2D eigenvalue weighted by molar-refractivity contribution is 6.31. The summed E-state index contributed by atoms with van der Waals surface area (Å²) < 4.78 is 13.1. The van der Waals surface area contributed by atoms with E-state index >= 15 is 0 Å². The normalized spacial score (nSPS) is 12.8. The molecule has 0 saturated heterocycles. The van der Waals surface area contributed by atoms with E-state index in [9.17, 15) is 4.39 Å². The van der Waals surface area contributed by atoms with Crippen molar-refractivity contribution < 1.29 is 4.39 Å². The van der Waals surface area contributed by atoms with E-state index in [2.05, 4.69) is 0 Å². The fourth-order valence-corrected chi connectivity index (χ4v) is 1.76. The fourth-order valence-electron chi connectivity index (χ4n) is 1.59. The smallest absolute Gasteiger partial charge is 0.123 e. The summed E-state index contributed by atoms with van der Waals surface area (Å²) in [4.78, 5) is 1.96. The van der Waals surface area contributed by atoms with Crippen LogP contribution in [0.1, 0.15) is 12.5 Å². The van der Waals surface area contributed by atoms with Crippen molar-refractivity contribution in [3.05, 3.63) is 34.6 Å². The van der Waals surface area contributed by atoms with Gasteiger partial charge in [-0.15, -0.1) is 0 Å². The molecular weight excluding hydrogens is 241 g/mol. The molecule has 17 heavy (non-hydrogen) atoms. The van der Waals surface area contributed by atoms with Crippen molar-refractivity contribution in [3.8, 4) is 0 Å². The zero-order valence-corrected chi connectivity index (χ0v) is 10.8. The summed E-state index contributed by atoms with van der Waals surface area (Å²) in [5.41, 5.74) is 6.14. The molecule has 1 rings (SSSR count). The summed E-state index contributed by atoms with van der Waals surface area (Å²) >= 11 is 5.98. The summed E-state index contributed by atoms with van der Waals surface area (Å²) in [6, 6.07) is 4.32. The number of halogens is 2. The monoisotopic (exact) mass is 257 g/mol.